The van der Waals surface area contributed by atoms with E-state index in [4.69, 9.17) is 0 Å². The predicted octanol–water partition coefficient (Wildman–Crippen LogP) is 1.81. The van der Waals surface area contributed by atoms with Gasteiger partial charge in [-0.2, -0.15) is 10.2 Å². The smallest absolute Gasteiger partial charge is 0.227 e. The maximum absolute atomic E-state index is 12.3. The number of carbonyl (C=O) groups excluding carboxylic acids is 1. The molecule has 0 atom stereocenters. The second kappa shape index (κ2) is 6.48. The molecular weight excluding hydrogens is 290 g/mol. The van der Waals surface area contributed by atoms with Crippen LogP contribution in [-0.2, 0) is 24.8 Å². The summed E-state index contributed by atoms with van der Waals surface area (Å²) in [4.78, 5) is 14.0. The Hall–Kier alpha value is -2.89. The Morgan fingerprint density at radius 2 is 1.83 bits per heavy atom. The monoisotopic (exact) mass is 309 g/mol. The van der Waals surface area contributed by atoms with E-state index in [0.29, 0.717) is 13.0 Å². The topological polar surface area (TPSA) is 56.0 Å². The van der Waals surface area contributed by atoms with E-state index in [1.54, 1.807) is 33.7 Å². The van der Waals surface area contributed by atoms with Gasteiger partial charge in [0.05, 0.1) is 24.5 Å². The van der Waals surface area contributed by atoms with Gasteiger partial charge in [-0.25, -0.2) is 4.68 Å². The van der Waals surface area contributed by atoms with E-state index in [1.165, 1.54) is 0 Å². The Morgan fingerprint density at radius 3 is 2.52 bits per heavy atom. The third-order valence-electron chi connectivity index (χ3n) is 3.62. The summed E-state index contributed by atoms with van der Waals surface area (Å²) >= 11 is 0. The van der Waals surface area contributed by atoms with E-state index in [-0.39, 0.29) is 5.91 Å². The van der Waals surface area contributed by atoms with Gasteiger partial charge in [-0.3, -0.25) is 9.48 Å². The van der Waals surface area contributed by atoms with Crippen molar-refractivity contribution < 1.29 is 4.79 Å². The van der Waals surface area contributed by atoms with Gasteiger partial charge >= 0.3 is 0 Å². The summed E-state index contributed by atoms with van der Waals surface area (Å²) in [7, 11) is 3.67. The molecular formula is C17H19N5O. The lowest BCUT2D eigenvalue weighted by Crippen LogP contribution is -2.27. The number of amides is 1. The van der Waals surface area contributed by atoms with Gasteiger partial charge in [0.1, 0.15) is 0 Å². The fourth-order valence-corrected chi connectivity index (χ4v) is 2.40. The van der Waals surface area contributed by atoms with Crippen molar-refractivity contribution in [2.45, 2.75) is 13.0 Å². The second-order valence-corrected chi connectivity index (χ2v) is 5.58. The number of nitrogens with zero attached hydrogens (tertiary/aromatic N) is 5. The molecule has 0 saturated heterocycles. The lowest BCUT2D eigenvalue weighted by Gasteiger charge is -2.15. The highest BCUT2D eigenvalue weighted by molar-refractivity contribution is 5.78. The zero-order chi connectivity index (χ0) is 16.2. The molecule has 2 heterocycles. The number of aryl methyl sites for hydroxylation is 1. The minimum atomic E-state index is 0.0569. The SMILES string of the molecule is CN(Cc1cnn(C)c1)C(=O)Cc1cnn(-c2ccccc2)c1. The van der Waals surface area contributed by atoms with Gasteiger partial charge in [0.15, 0.2) is 0 Å². The lowest BCUT2D eigenvalue weighted by atomic mass is 10.2. The third-order valence-corrected chi connectivity index (χ3v) is 3.62. The molecule has 1 amide bonds. The van der Waals surface area contributed by atoms with Gasteiger partial charge in [0.2, 0.25) is 5.91 Å². The summed E-state index contributed by atoms with van der Waals surface area (Å²) in [5.74, 6) is 0.0569. The zero-order valence-electron chi connectivity index (χ0n) is 13.3. The molecule has 0 spiro atoms. The van der Waals surface area contributed by atoms with Gasteiger partial charge in [0, 0.05) is 38.6 Å². The number of benzene rings is 1. The predicted molar refractivity (Wildman–Crippen MR) is 87.0 cm³/mol. The van der Waals surface area contributed by atoms with Crippen LogP contribution in [0.25, 0.3) is 5.69 Å². The molecule has 1 aromatic carbocycles. The van der Waals surface area contributed by atoms with Crippen LogP contribution in [0.4, 0.5) is 0 Å². The Kier molecular flexibility index (Phi) is 4.23. The molecule has 0 fully saturated rings. The van der Waals surface area contributed by atoms with Crippen molar-refractivity contribution in [2.75, 3.05) is 7.05 Å². The lowest BCUT2D eigenvalue weighted by molar-refractivity contribution is -0.129. The van der Waals surface area contributed by atoms with Crippen molar-refractivity contribution in [2.24, 2.45) is 7.05 Å². The minimum Gasteiger partial charge on any atom is -0.341 e. The van der Waals surface area contributed by atoms with Crippen molar-refractivity contribution in [3.63, 3.8) is 0 Å². The Morgan fingerprint density at radius 1 is 1.09 bits per heavy atom. The molecule has 0 unspecified atom stereocenters. The molecule has 118 valence electrons. The van der Waals surface area contributed by atoms with Crippen LogP contribution in [0.5, 0.6) is 0 Å². The molecule has 2 aromatic heterocycles. The molecule has 0 N–H and O–H groups in total. The minimum absolute atomic E-state index is 0.0569. The van der Waals surface area contributed by atoms with Gasteiger partial charge in [0.25, 0.3) is 0 Å². The molecule has 6 heteroatoms. The van der Waals surface area contributed by atoms with Crippen LogP contribution in [0.1, 0.15) is 11.1 Å². The molecule has 0 aliphatic rings. The van der Waals surface area contributed by atoms with Crippen molar-refractivity contribution in [1.29, 1.82) is 0 Å². The normalized spacial score (nSPS) is 10.7. The van der Waals surface area contributed by atoms with Crippen LogP contribution >= 0.6 is 0 Å². The largest absolute Gasteiger partial charge is 0.341 e. The van der Waals surface area contributed by atoms with Crippen LogP contribution in [0.2, 0.25) is 0 Å². The van der Waals surface area contributed by atoms with E-state index in [2.05, 4.69) is 10.2 Å². The standard InChI is InChI=1S/C17H19N5O/c1-20(11-15-10-18-21(2)12-15)17(23)8-14-9-19-22(13-14)16-6-4-3-5-7-16/h3-7,9-10,12-13H,8,11H2,1-2H3. The second-order valence-electron chi connectivity index (χ2n) is 5.58. The number of likely N-dealkylation sites (N-methyl/N-ethyl adjacent to an activating group) is 1. The Balaban J connectivity index is 1.63. The number of hydrogen-bond acceptors (Lipinski definition) is 3. The van der Waals surface area contributed by atoms with E-state index in [1.807, 2.05) is 49.8 Å². The van der Waals surface area contributed by atoms with Gasteiger partial charge in [-0.05, 0) is 17.7 Å². The number of carbonyl (C=O) groups is 1. The Labute approximate surface area is 135 Å². The molecule has 0 bridgehead atoms. The number of rotatable bonds is 5. The first kappa shape index (κ1) is 15.0. The maximum atomic E-state index is 12.3. The maximum Gasteiger partial charge on any atom is 0.227 e. The van der Waals surface area contributed by atoms with E-state index in [0.717, 1.165) is 16.8 Å². The van der Waals surface area contributed by atoms with Gasteiger partial charge in [-0.15, -0.1) is 0 Å². The fourth-order valence-electron chi connectivity index (χ4n) is 2.40. The van der Waals surface area contributed by atoms with Crippen LogP contribution in [0, 0.1) is 0 Å². The molecule has 0 radical (unpaired) electrons. The molecule has 6 nitrogen and oxygen atoms in total. The van der Waals surface area contributed by atoms with Crippen molar-refractivity contribution in [1.82, 2.24) is 24.5 Å². The first-order valence-electron chi connectivity index (χ1n) is 7.42. The van der Waals surface area contributed by atoms with Gasteiger partial charge in [-0.1, -0.05) is 18.2 Å². The van der Waals surface area contributed by atoms with Crippen LogP contribution in [0.3, 0.4) is 0 Å². The third kappa shape index (κ3) is 3.66. The summed E-state index contributed by atoms with van der Waals surface area (Å²) in [5.41, 5.74) is 2.90. The number of para-hydroxylation sites is 1. The summed E-state index contributed by atoms with van der Waals surface area (Å²) in [6.45, 7) is 0.555. The summed E-state index contributed by atoms with van der Waals surface area (Å²) in [6.07, 6.45) is 7.66. The number of hydrogen-bond donors (Lipinski definition) is 0. The highest BCUT2D eigenvalue weighted by Crippen LogP contribution is 2.10. The average molecular weight is 309 g/mol. The first-order chi connectivity index (χ1) is 11.1. The van der Waals surface area contributed by atoms with Crippen molar-refractivity contribution >= 4 is 5.91 Å². The summed E-state index contributed by atoms with van der Waals surface area (Å²) < 4.78 is 3.52. The zero-order valence-corrected chi connectivity index (χ0v) is 13.3. The highest BCUT2D eigenvalue weighted by Gasteiger charge is 2.12. The first-order valence-corrected chi connectivity index (χ1v) is 7.42. The van der Waals surface area contributed by atoms with E-state index < -0.39 is 0 Å². The highest BCUT2D eigenvalue weighted by atomic mass is 16.2. The van der Waals surface area contributed by atoms with Crippen LogP contribution in [-0.4, -0.2) is 37.4 Å². The quantitative estimate of drug-likeness (QED) is 0.722. The van der Waals surface area contributed by atoms with Crippen molar-refractivity contribution in [3.8, 4) is 5.69 Å². The van der Waals surface area contributed by atoms with Gasteiger partial charge < -0.3 is 4.90 Å². The molecule has 0 aliphatic heterocycles. The molecule has 3 aromatic rings. The van der Waals surface area contributed by atoms with Crippen LogP contribution in [0.15, 0.2) is 55.1 Å². The average Bonchev–Trinajstić information content (AvgIpc) is 3.17. The summed E-state index contributed by atoms with van der Waals surface area (Å²) in [6, 6.07) is 9.85. The Bertz CT molecular complexity index is 790. The molecule has 3 rings (SSSR count). The van der Waals surface area contributed by atoms with Crippen LogP contribution < -0.4 is 0 Å². The fraction of sp³-hybridized carbons (Fsp3) is 0.235. The molecule has 0 saturated carbocycles. The summed E-state index contributed by atoms with van der Waals surface area (Å²) in [5, 5.41) is 8.43. The van der Waals surface area contributed by atoms with Crippen molar-refractivity contribution in [3.05, 3.63) is 66.2 Å². The number of aromatic nitrogens is 4. The van der Waals surface area contributed by atoms with E-state index in [9.17, 15) is 4.79 Å². The van der Waals surface area contributed by atoms with E-state index >= 15 is 0 Å². The molecule has 0 aliphatic carbocycles. The molecule has 23 heavy (non-hydrogen) atoms.